The third kappa shape index (κ3) is 5.14. The van der Waals surface area contributed by atoms with E-state index < -0.39 is 0 Å². The molecule has 9 heteroatoms. The van der Waals surface area contributed by atoms with Crippen molar-refractivity contribution in [1.29, 1.82) is 0 Å². The van der Waals surface area contributed by atoms with E-state index in [4.69, 9.17) is 4.74 Å². The number of halogens is 1. The highest BCUT2D eigenvalue weighted by Crippen LogP contribution is 2.18. The normalized spacial score (nSPS) is 16.8. The molecule has 1 fully saturated rings. The third-order valence-corrected chi connectivity index (χ3v) is 5.84. The van der Waals surface area contributed by atoms with Crippen LogP contribution in [0.25, 0.3) is 10.9 Å². The first-order valence-corrected chi connectivity index (χ1v) is 11.0. The van der Waals surface area contributed by atoms with Crippen LogP contribution in [0.3, 0.4) is 0 Å². The predicted octanol–water partition coefficient (Wildman–Crippen LogP) is 2.48. The standard InChI is InChI=1S/C24H29FN6O2/c1-16-14-30(11-9-27-16)24(26-2)29-18-5-7-20-22(12-18)28-15-31(23(20)32)10-8-17-4-6-19(33-3)13-21(17)25/h4-7,12-13,15-16,27H,8-11,14H2,1-3H3,(H,26,29)/t16-/m0/s1. The molecule has 1 saturated heterocycles. The van der Waals surface area contributed by atoms with E-state index in [0.717, 1.165) is 31.3 Å². The van der Waals surface area contributed by atoms with Gasteiger partial charge in [-0.3, -0.25) is 14.4 Å². The molecule has 1 atom stereocenters. The maximum absolute atomic E-state index is 14.2. The quantitative estimate of drug-likeness (QED) is 0.457. The number of anilines is 1. The molecule has 174 valence electrons. The van der Waals surface area contributed by atoms with Crippen LogP contribution in [0.5, 0.6) is 5.75 Å². The van der Waals surface area contributed by atoms with Gasteiger partial charge in [0.25, 0.3) is 5.56 Å². The molecule has 2 N–H and O–H groups in total. The van der Waals surface area contributed by atoms with Crippen molar-refractivity contribution in [2.75, 3.05) is 39.1 Å². The molecule has 0 bridgehead atoms. The summed E-state index contributed by atoms with van der Waals surface area (Å²) in [6.45, 7) is 5.12. The Morgan fingerprint density at radius 2 is 2.18 bits per heavy atom. The minimum atomic E-state index is -0.348. The fraction of sp³-hybridized carbons (Fsp3) is 0.375. The number of piperazine rings is 1. The van der Waals surface area contributed by atoms with E-state index >= 15 is 0 Å². The summed E-state index contributed by atoms with van der Waals surface area (Å²) in [5.74, 6) is 0.907. The number of guanidine groups is 1. The Bertz CT molecular complexity index is 1230. The molecular weight excluding hydrogens is 423 g/mol. The minimum Gasteiger partial charge on any atom is -0.497 e. The van der Waals surface area contributed by atoms with Gasteiger partial charge in [0.2, 0.25) is 0 Å². The van der Waals surface area contributed by atoms with Gasteiger partial charge in [-0.2, -0.15) is 0 Å². The Morgan fingerprint density at radius 1 is 1.33 bits per heavy atom. The molecule has 1 aliphatic rings. The topological polar surface area (TPSA) is 83.8 Å². The van der Waals surface area contributed by atoms with Gasteiger partial charge < -0.3 is 20.3 Å². The Kier molecular flexibility index (Phi) is 6.88. The molecule has 1 aliphatic heterocycles. The van der Waals surface area contributed by atoms with Crippen LogP contribution in [0, 0.1) is 5.82 Å². The van der Waals surface area contributed by atoms with Gasteiger partial charge in [-0.15, -0.1) is 0 Å². The highest BCUT2D eigenvalue weighted by molar-refractivity contribution is 5.95. The van der Waals surface area contributed by atoms with Crippen LogP contribution in [0.15, 0.2) is 52.5 Å². The number of aryl methyl sites for hydroxylation is 2. The highest BCUT2D eigenvalue weighted by Gasteiger charge is 2.19. The van der Waals surface area contributed by atoms with Crippen molar-refractivity contribution in [2.24, 2.45) is 4.99 Å². The van der Waals surface area contributed by atoms with Gasteiger partial charge in [-0.05, 0) is 43.2 Å². The number of hydrogen-bond donors (Lipinski definition) is 2. The summed E-state index contributed by atoms with van der Waals surface area (Å²) in [4.78, 5) is 24.0. The lowest BCUT2D eigenvalue weighted by Gasteiger charge is -2.34. The molecule has 8 nitrogen and oxygen atoms in total. The second-order valence-electron chi connectivity index (χ2n) is 8.16. The van der Waals surface area contributed by atoms with Crippen LogP contribution in [-0.4, -0.2) is 60.2 Å². The van der Waals surface area contributed by atoms with Crippen molar-refractivity contribution < 1.29 is 9.13 Å². The van der Waals surface area contributed by atoms with Crippen LogP contribution in [0.2, 0.25) is 0 Å². The molecular formula is C24H29FN6O2. The van der Waals surface area contributed by atoms with Gasteiger partial charge in [0, 0.05) is 51.0 Å². The zero-order valence-electron chi connectivity index (χ0n) is 19.1. The smallest absolute Gasteiger partial charge is 0.261 e. The molecule has 0 amide bonds. The first-order valence-electron chi connectivity index (χ1n) is 11.0. The van der Waals surface area contributed by atoms with E-state index in [1.807, 2.05) is 12.1 Å². The molecule has 0 spiro atoms. The van der Waals surface area contributed by atoms with Crippen molar-refractivity contribution in [3.63, 3.8) is 0 Å². The molecule has 0 radical (unpaired) electrons. The monoisotopic (exact) mass is 452 g/mol. The summed E-state index contributed by atoms with van der Waals surface area (Å²) in [5, 5.41) is 7.29. The molecule has 2 heterocycles. The van der Waals surface area contributed by atoms with Crippen molar-refractivity contribution in [3.05, 3.63) is 64.5 Å². The maximum atomic E-state index is 14.2. The Hall–Kier alpha value is -3.46. The number of fused-ring (bicyclic) bond motifs is 1. The van der Waals surface area contributed by atoms with Crippen molar-refractivity contribution in [3.8, 4) is 5.75 Å². The number of benzene rings is 2. The Morgan fingerprint density at radius 3 is 2.91 bits per heavy atom. The van der Waals surface area contributed by atoms with Gasteiger partial charge in [0.1, 0.15) is 11.6 Å². The SMILES string of the molecule is CN=C(Nc1ccc2c(=O)n(CCc3ccc(OC)cc3F)cnc2c1)N1CCN[C@@H](C)C1. The van der Waals surface area contributed by atoms with Crippen LogP contribution in [0.4, 0.5) is 10.1 Å². The predicted molar refractivity (Wildman–Crippen MR) is 129 cm³/mol. The number of ether oxygens (including phenoxy) is 1. The number of aliphatic imine (C=N–C) groups is 1. The molecule has 2 aromatic carbocycles. The highest BCUT2D eigenvalue weighted by atomic mass is 19.1. The second kappa shape index (κ2) is 9.99. The van der Waals surface area contributed by atoms with E-state index in [-0.39, 0.29) is 11.4 Å². The zero-order chi connectivity index (χ0) is 23.4. The molecule has 1 aromatic heterocycles. The summed E-state index contributed by atoms with van der Waals surface area (Å²) in [6.07, 6.45) is 1.89. The largest absolute Gasteiger partial charge is 0.497 e. The summed E-state index contributed by atoms with van der Waals surface area (Å²) in [5.41, 5.74) is 1.79. The minimum absolute atomic E-state index is 0.152. The van der Waals surface area contributed by atoms with E-state index in [2.05, 4.69) is 32.4 Å². The first kappa shape index (κ1) is 22.7. The molecule has 3 aromatic rings. The van der Waals surface area contributed by atoms with Gasteiger partial charge >= 0.3 is 0 Å². The summed E-state index contributed by atoms with van der Waals surface area (Å²) < 4.78 is 20.8. The van der Waals surface area contributed by atoms with Gasteiger partial charge in [-0.1, -0.05) is 6.07 Å². The summed E-state index contributed by atoms with van der Waals surface area (Å²) in [7, 11) is 3.26. The van der Waals surface area contributed by atoms with Gasteiger partial charge in [0.15, 0.2) is 5.96 Å². The molecule has 0 unspecified atom stereocenters. The van der Waals surface area contributed by atoms with Crippen LogP contribution in [0.1, 0.15) is 12.5 Å². The molecule has 33 heavy (non-hydrogen) atoms. The summed E-state index contributed by atoms with van der Waals surface area (Å²) >= 11 is 0. The zero-order valence-corrected chi connectivity index (χ0v) is 19.1. The number of rotatable bonds is 5. The number of nitrogens with zero attached hydrogens (tertiary/aromatic N) is 4. The lowest BCUT2D eigenvalue weighted by Crippen LogP contribution is -2.53. The lowest BCUT2D eigenvalue weighted by atomic mass is 10.1. The Labute approximate surface area is 192 Å². The number of nitrogens with one attached hydrogen (secondary N) is 2. The van der Waals surface area contributed by atoms with Crippen molar-refractivity contribution in [1.82, 2.24) is 19.8 Å². The number of methoxy groups -OCH3 is 1. The third-order valence-electron chi connectivity index (χ3n) is 5.84. The molecule has 0 aliphatic carbocycles. The van der Waals surface area contributed by atoms with Crippen LogP contribution in [-0.2, 0) is 13.0 Å². The fourth-order valence-electron chi connectivity index (χ4n) is 4.02. The average Bonchev–Trinajstić information content (AvgIpc) is 2.82. The first-order chi connectivity index (χ1) is 16.0. The molecule has 0 saturated carbocycles. The lowest BCUT2D eigenvalue weighted by molar-refractivity contribution is 0.303. The number of hydrogen-bond acceptors (Lipinski definition) is 5. The van der Waals surface area contributed by atoms with Gasteiger partial charge in [0.05, 0.1) is 24.3 Å². The summed E-state index contributed by atoms with van der Waals surface area (Å²) in [6, 6.07) is 10.6. The Balaban J connectivity index is 1.49. The van der Waals surface area contributed by atoms with Crippen LogP contribution >= 0.6 is 0 Å². The van der Waals surface area contributed by atoms with E-state index in [1.54, 1.807) is 25.2 Å². The fourth-order valence-corrected chi connectivity index (χ4v) is 4.02. The molecule has 4 rings (SSSR count). The average molecular weight is 453 g/mol. The van der Waals surface area contributed by atoms with Gasteiger partial charge in [-0.25, -0.2) is 9.37 Å². The van der Waals surface area contributed by atoms with E-state index in [9.17, 15) is 9.18 Å². The van der Waals surface area contributed by atoms with Crippen molar-refractivity contribution in [2.45, 2.75) is 25.9 Å². The van der Waals surface area contributed by atoms with E-state index in [0.29, 0.717) is 41.2 Å². The number of aromatic nitrogens is 2. The van der Waals surface area contributed by atoms with Crippen molar-refractivity contribution >= 4 is 22.5 Å². The van der Waals surface area contributed by atoms with Crippen LogP contribution < -0.4 is 20.9 Å². The maximum Gasteiger partial charge on any atom is 0.261 e. The van der Waals surface area contributed by atoms with E-state index in [1.165, 1.54) is 24.1 Å². The second-order valence-corrected chi connectivity index (χ2v) is 8.16.